The Morgan fingerprint density at radius 1 is 0.356 bits per heavy atom. The van der Waals surface area contributed by atoms with Gasteiger partial charge in [0, 0.05) is 22.1 Å². The van der Waals surface area contributed by atoms with Crippen molar-refractivity contribution >= 4 is 38.9 Å². The number of aromatic nitrogens is 1. The first kappa shape index (κ1) is 24.6. The number of rotatable bonds is 2. The van der Waals surface area contributed by atoms with Crippen LogP contribution < -0.4 is 4.90 Å². The molecule has 1 aromatic heterocycles. The van der Waals surface area contributed by atoms with E-state index in [9.17, 15) is 0 Å². The lowest BCUT2D eigenvalue weighted by Gasteiger charge is -2.45. The number of benzene rings is 7. The molecule has 2 heterocycles. The molecule has 0 bridgehead atoms. The van der Waals surface area contributed by atoms with E-state index in [2.05, 4.69) is 179 Å². The summed E-state index contributed by atoms with van der Waals surface area (Å²) < 4.78 is 2.40. The summed E-state index contributed by atoms with van der Waals surface area (Å²) >= 11 is 0. The zero-order valence-corrected chi connectivity index (χ0v) is 24.6. The topological polar surface area (TPSA) is 8.17 Å². The first-order chi connectivity index (χ1) is 22.4. The van der Waals surface area contributed by atoms with E-state index >= 15 is 0 Å². The third-order valence-corrected chi connectivity index (χ3v) is 9.98. The van der Waals surface area contributed by atoms with Gasteiger partial charge in [-0.15, -0.1) is 0 Å². The van der Waals surface area contributed by atoms with Crippen LogP contribution in [0.25, 0.3) is 38.6 Å². The van der Waals surface area contributed by atoms with Crippen LogP contribution in [0.2, 0.25) is 0 Å². The normalized spacial score (nSPS) is 13.9. The van der Waals surface area contributed by atoms with Crippen LogP contribution in [0.15, 0.2) is 170 Å². The van der Waals surface area contributed by atoms with Crippen LogP contribution in [0, 0.1) is 0 Å². The van der Waals surface area contributed by atoms with E-state index in [1.54, 1.807) is 0 Å². The molecule has 8 aromatic rings. The number of nitrogens with zero attached hydrogens (tertiary/aromatic N) is 2. The monoisotopic (exact) mass is 572 g/mol. The van der Waals surface area contributed by atoms with E-state index in [4.69, 9.17) is 0 Å². The average Bonchev–Trinajstić information content (AvgIpc) is 3.60. The van der Waals surface area contributed by atoms with Crippen LogP contribution in [0.5, 0.6) is 0 Å². The van der Waals surface area contributed by atoms with Crippen LogP contribution in [0.1, 0.15) is 22.3 Å². The number of hydrogen-bond acceptors (Lipinski definition) is 1. The largest absolute Gasteiger partial charge is 0.310 e. The third kappa shape index (κ3) is 3.13. The first-order valence-electron chi connectivity index (χ1n) is 15.6. The summed E-state index contributed by atoms with van der Waals surface area (Å²) in [5.74, 6) is 0. The maximum absolute atomic E-state index is 2.47. The van der Waals surface area contributed by atoms with Gasteiger partial charge < -0.3 is 9.47 Å². The van der Waals surface area contributed by atoms with E-state index in [1.807, 2.05) is 0 Å². The molecule has 0 atom stereocenters. The van der Waals surface area contributed by atoms with Gasteiger partial charge in [-0.3, -0.25) is 0 Å². The maximum Gasteiger partial charge on any atom is 0.0754 e. The van der Waals surface area contributed by atoms with Gasteiger partial charge in [0.2, 0.25) is 0 Å². The highest BCUT2D eigenvalue weighted by atomic mass is 15.2. The minimum atomic E-state index is -0.401. The molecular formula is C43H28N2. The molecule has 1 aliphatic carbocycles. The van der Waals surface area contributed by atoms with Crippen molar-refractivity contribution in [2.75, 3.05) is 4.90 Å². The minimum Gasteiger partial charge on any atom is -0.310 e. The zero-order valence-electron chi connectivity index (χ0n) is 24.6. The van der Waals surface area contributed by atoms with Crippen LogP contribution in [0.4, 0.5) is 17.1 Å². The molecule has 1 aliphatic heterocycles. The molecular weight excluding hydrogens is 544 g/mol. The molecule has 45 heavy (non-hydrogen) atoms. The van der Waals surface area contributed by atoms with Crippen molar-refractivity contribution in [2.45, 2.75) is 5.41 Å². The van der Waals surface area contributed by atoms with Gasteiger partial charge in [0.05, 0.1) is 27.8 Å². The van der Waals surface area contributed by atoms with Gasteiger partial charge in [-0.25, -0.2) is 0 Å². The summed E-state index contributed by atoms with van der Waals surface area (Å²) in [7, 11) is 0. The number of para-hydroxylation sites is 4. The lowest BCUT2D eigenvalue weighted by molar-refractivity contribution is 0.752. The van der Waals surface area contributed by atoms with Gasteiger partial charge in [0.1, 0.15) is 0 Å². The molecule has 0 unspecified atom stereocenters. The fraction of sp³-hybridized carbons (Fsp3) is 0.0233. The second-order valence-corrected chi connectivity index (χ2v) is 12.1. The molecule has 0 amide bonds. The van der Waals surface area contributed by atoms with Crippen LogP contribution in [-0.2, 0) is 5.41 Å². The Balaban J connectivity index is 1.26. The molecule has 0 fully saturated rings. The SMILES string of the molecule is c1cc(N2c3ccccc3C3(c4ccccc4-c4ccccc43)c3ccccc32)cc(-n2c3ccccc3c3ccccc32)c1. The molecule has 0 saturated carbocycles. The molecule has 10 rings (SSSR count). The summed E-state index contributed by atoms with van der Waals surface area (Å²) in [4.78, 5) is 2.47. The van der Waals surface area contributed by atoms with Crippen molar-refractivity contribution in [3.63, 3.8) is 0 Å². The second-order valence-electron chi connectivity index (χ2n) is 12.1. The minimum absolute atomic E-state index is 0.401. The third-order valence-electron chi connectivity index (χ3n) is 9.98. The highest BCUT2D eigenvalue weighted by Gasteiger charge is 2.51. The Hall–Kier alpha value is -5.86. The summed E-state index contributed by atoms with van der Waals surface area (Å²) in [6.07, 6.45) is 0. The Kier molecular flexibility index (Phi) is 4.95. The van der Waals surface area contributed by atoms with Crippen molar-refractivity contribution in [3.05, 3.63) is 192 Å². The van der Waals surface area contributed by atoms with Crippen molar-refractivity contribution in [2.24, 2.45) is 0 Å². The fourth-order valence-corrected chi connectivity index (χ4v) is 8.31. The summed E-state index contributed by atoms with van der Waals surface area (Å²) in [5.41, 5.74) is 14.7. The molecule has 7 aromatic carbocycles. The molecule has 2 nitrogen and oxygen atoms in total. The predicted octanol–water partition coefficient (Wildman–Crippen LogP) is 10.9. The molecule has 1 spiro atoms. The zero-order chi connectivity index (χ0) is 29.5. The van der Waals surface area contributed by atoms with Crippen molar-refractivity contribution < 1.29 is 0 Å². The quantitative estimate of drug-likeness (QED) is 0.200. The van der Waals surface area contributed by atoms with E-state index < -0.39 is 5.41 Å². The Labute approximate surface area is 262 Å². The molecule has 0 radical (unpaired) electrons. The highest BCUT2D eigenvalue weighted by Crippen LogP contribution is 2.63. The number of fused-ring (bicyclic) bond motifs is 12. The van der Waals surface area contributed by atoms with E-state index in [0.29, 0.717) is 0 Å². The lowest BCUT2D eigenvalue weighted by atomic mass is 9.64. The van der Waals surface area contributed by atoms with Crippen molar-refractivity contribution in [1.29, 1.82) is 0 Å². The molecule has 2 heteroatoms. The molecule has 210 valence electrons. The second kappa shape index (κ2) is 9.07. The standard InChI is InChI=1S/C43H28N2/c1-5-20-35-31(16-1)32-17-2-6-21-36(32)43(35)37-22-7-11-26-41(37)45(42-27-12-8-23-38(42)43)30-15-13-14-29(28-30)44-39-24-9-3-18-33(39)34-19-4-10-25-40(34)44/h1-28H. The maximum atomic E-state index is 2.47. The Bertz CT molecular complexity index is 2320. The summed E-state index contributed by atoms with van der Waals surface area (Å²) in [5, 5.41) is 2.54. The van der Waals surface area contributed by atoms with Crippen LogP contribution in [0.3, 0.4) is 0 Å². The fourth-order valence-electron chi connectivity index (χ4n) is 8.31. The van der Waals surface area contributed by atoms with Crippen LogP contribution in [-0.4, -0.2) is 4.57 Å². The van der Waals surface area contributed by atoms with Crippen molar-refractivity contribution in [1.82, 2.24) is 4.57 Å². The van der Waals surface area contributed by atoms with E-state index in [1.165, 1.54) is 66.6 Å². The molecule has 0 saturated heterocycles. The summed E-state index contributed by atoms with van der Waals surface area (Å²) in [6, 6.07) is 62.5. The lowest BCUT2D eigenvalue weighted by Crippen LogP contribution is -2.36. The van der Waals surface area contributed by atoms with Crippen molar-refractivity contribution in [3.8, 4) is 16.8 Å². The van der Waals surface area contributed by atoms with Gasteiger partial charge in [0.25, 0.3) is 0 Å². The Morgan fingerprint density at radius 3 is 1.38 bits per heavy atom. The highest BCUT2D eigenvalue weighted by molar-refractivity contribution is 6.09. The van der Waals surface area contributed by atoms with Gasteiger partial charge in [-0.2, -0.15) is 0 Å². The Morgan fingerprint density at radius 2 is 0.800 bits per heavy atom. The van der Waals surface area contributed by atoms with E-state index in [0.717, 1.165) is 11.4 Å². The van der Waals surface area contributed by atoms with Gasteiger partial charge in [-0.1, -0.05) is 127 Å². The number of anilines is 3. The van der Waals surface area contributed by atoms with Gasteiger partial charge in [-0.05, 0) is 75.8 Å². The number of hydrogen-bond donors (Lipinski definition) is 0. The molecule has 0 N–H and O–H groups in total. The smallest absolute Gasteiger partial charge is 0.0754 e. The van der Waals surface area contributed by atoms with E-state index in [-0.39, 0.29) is 0 Å². The summed E-state index contributed by atoms with van der Waals surface area (Å²) in [6.45, 7) is 0. The van der Waals surface area contributed by atoms with Gasteiger partial charge in [0.15, 0.2) is 0 Å². The predicted molar refractivity (Wildman–Crippen MR) is 186 cm³/mol. The first-order valence-corrected chi connectivity index (χ1v) is 15.6. The average molecular weight is 573 g/mol. The molecule has 2 aliphatic rings. The van der Waals surface area contributed by atoms with Gasteiger partial charge >= 0.3 is 0 Å². The van der Waals surface area contributed by atoms with Crippen LogP contribution >= 0.6 is 0 Å².